The van der Waals surface area contributed by atoms with E-state index in [9.17, 15) is 31.1 Å². The van der Waals surface area contributed by atoms with E-state index in [1.165, 1.54) is 6.33 Å². The summed E-state index contributed by atoms with van der Waals surface area (Å²) in [5.74, 6) is -0.640. The van der Waals surface area contributed by atoms with E-state index in [0.717, 1.165) is 11.3 Å². The molecule has 30 heavy (non-hydrogen) atoms. The molecule has 5 nitrogen and oxygen atoms in total. The number of halogens is 6. The number of aromatic nitrogens is 2. The number of nitrogens with zero attached hydrogens (tertiary/aromatic N) is 2. The fourth-order valence-corrected chi connectivity index (χ4v) is 3.75. The lowest BCUT2D eigenvalue weighted by atomic mass is 10.1. The third kappa shape index (κ3) is 4.32. The lowest BCUT2D eigenvalue weighted by Gasteiger charge is -2.14. The fraction of sp³-hybridized carbons (Fsp3) is 0.278. The highest BCUT2D eigenvalue weighted by molar-refractivity contribution is 7.20. The Balaban J connectivity index is 2.02. The minimum Gasteiger partial charge on any atom is -0.477 e. The maximum absolute atomic E-state index is 13.0. The highest BCUT2D eigenvalue weighted by Gasteiger charge is 2.37. The summed E-state index contributed by atoms with van der Waals surface area (Å²) in [7, 11) is 0. The number of anilines is 1. The second-order valence-corrected chi connectivity index (χ2v) is 7.10. The van der Waals surface area contributed by atoms with Crippen LogP contribution in [0.25, 0.3) is 10.2 Å². The summed E-state index contributed by atoms with van der Waals surface area (Å²) in [5, 5.41) is 2.57. The van der Waals surface area contributed by atoms with Crippen LogP contribution in [0.4, 0.5) is 32.0 Å². The summed E-state index contributed by atoms with van der Waals surface area (Å²) in [4.78, 5) is 21.1. The number of fused-ring (bicyclic) bond motifs is 1. The van der Waals surface area contributed by atoms with E-state index in [1.807, 2.05) is 0 Å². The minimum absolute atomic E-state index is 0.00962. The predicted molar refractivity (Wildman–Crippen MR) is 97.7 cm³/mol. The SMILES string of the molecule is CCOc1ncnc2sc(C(=O)Nc3cc(C(F)(F)F)cc(C(F)(F)F)c3)c(C)c12. The van der Waals surface area contributed by atoms with Crippen LogP contribution < -0.4 is 10.1 Å². The minimum atomic E-state index is -5.02. The normalized spacial score (nSPS) is 12.3. The molecule has 0 bridgehead atoms. The molecule has 0 saturated carbocycles. The van der Waals surface area contributed by atoms with Gasteiger partial charge >= 0.3 is 12.4 Å². The van der Waals surface area contributed by atoms with Gasteiger partial charge in [0.05, 0.1) is 28.0 Å². The topological polar surface area (TPSA) is 64.1 Å². The van der Waals surface area contributed by atoms with Crippen molar-refractivity contribution in [1.29, 1.82) is 0 Å². The molecular formula is C18H13F6N3O2S. The maximum Gasteiger partial charge on any atom is 0.416 e. The first-order valence-corrected chi connectivity index (χ1v) is 9.21. The molecule has 0 aliphatic carbocycles. The molecule has 1 aromatic carbocycles. The number of amides is 1. The van der Waals surface area contributed by atoms with Gasteiger partial charge in [-0.15, -0.1) is 11.3 Å². The first-order chi connectivity index (χ1) is 13.9. The molecule has 0 radical (unpaired) electrons. The van der Waals surface area contributed by atoms with Crippen LogP contribution in [0, 0.1) is 6.92 Å². The van der Waals surface area contributed by atoms with Gasteiger partial charge in [0.25, 0.3) is 5.91 Å². The second-order valence-electron chi connectivity index (χ2n) is 6.10. The number of rotatable bonds is 4. The second kappa shape index (κ2) is 7.74. The van der Waals surface area contributed by atoms with Crippen molar-refractivity contribution in [3.05, 3.63) is 46.1 Å². The molecule has 1 amide bonds. The third-order valence-electron chi connectivity index (χ3n) is 4.02. The van der Waals surface area contributed by atoms with Crippen LogP contribution in [0.3, 0.4) is 0 Å². The highest BCUT2D eigenvalue weighted by atomic mass is 32.1. The van der Waals surface area contributed by atoms with Crippen molar-refractivity contribution in [2.24, 2.45) is 0 Å². The molecule has 0 atom stereocenters. The molecule has 3 rings (SSSR count). The Morgan fingerprint density at radius 1 is 1.07 bits per heavy atom. The summed E-state index contributed by atoms with van der Waals surface area (Å²) in [6, 6.07) is 0.882. The molecule has 2 heterocycles. The lowest BCUT2D eigenvalue weighted by Crippen LogP contribution is -2.15. The molecule has 0 unspecified atom stereocenters. The van der Waals surface area contributed by atoms with Crippen molar-refractivity contribution in [3.63, 3.8) is 0 Å². The highest BCUT2D eigenvalue weighted by Crippen LogP contribution is 2.38. The number of hydrogen-bond acceptors (Lipinski definition) is 5. The predicted octanol–water partition coefficient (Wildman–Crippen LogP) is 5.69. The third-order valence-corrected chi connectivity index (χ3v) is 5.22. The molecule has 1 N–H and O–H groups in total. The van der Waals surface area contributed by atoms with Crippen LogP contribution >= 0.6 is 11.3 Å². The van der Waals surface area contributed by atoms with Gasteiger partial charge in [0, 0.05) is 5.69 Å². The van der Waals surface area contributed by atoms with Crippen LogP contribution in [0.5, 0.6) is 5.88 Å². The van der Waals surface area contributed by atoms with Gasteiger partial charge in [-0.1, -0.05) is 0 Å². The number of carbonyl (C=O) groups excluding carboxylic acids is 1. The van der Waals surface area contributed by atoms with Crippen molar-refractivity contribution < 1.29 is 35.9 Å². The van der Waals surface area contributed by atoms with E-state index in [2.05, 4.69) is 15.3 Å². The zero-order valence-electron chi connectivity index (χ0n) is 15.4. The number of thiophene rings is 1. The smallest absolute Gasteiger partial charge is 0.416 e. The molecule has 12 heteroatoms. The van der Waals surface area contributed by atoms with Crippen molar-refractivity contribution in [3.8, 4) is 5.88 Å². The average Bonchev–Trinajstić information content (AvgIpc) is 2.98. The maximum atomic E-state index is 13.0. The van der Waals surface area contributed by atoms with Crippen molar-refractivity contribution in [1.82, 2.24) is 9.97 Å². The van der Waals surface area contributed by atoms with Crippen molar-refractivity contribution >= 4 is 33.1 Å². The molecule has 0 aliphatic heterocycles. The van der Waals surface area contributed by atoms with Gasteiger partial charge in [0.15, 0.2) is 0 Å². The number of alkyl halides is 6. The van der Waals surface area contributed by atoms with Crippen LogP contribution in [-0.2, 0) is 12.4 Å². The molecule has 0 aliphatic rings. The quantitative estimate of drug-likeness (QED) is 0.520. The van der Waals surface area contributed by atoms with E-state index >= 15 is 0 Å². The van der Waals surface area contributed by atoms with Gasteiger partial charge in [0.2, 0.25) is 5.88 Å². The van der Waals surface area contributed by atoms with Crippen LogP contribution in [0.15, 0.2) is 24.5 Å². The van der Waals surface area contributed by atoms with Crippen LogP contribution in [0.1, 0.15) is 33.3 Å². The first kappa shape index (κ1) is 21.8. The number of carbonyl (C=O) groups is 1. The van der Waals surface area contributed by atoms with Gasteiger partial charge in [-0.2, -0.15) is 26.3 Å². The van der Waals surface area contributed by atoms with Crippen molar-refractivity contribution in [2.75, 3.05) is 11.9 Å². The summed E-state index contributed by atoms with van der Waals surface area (Å²) >= 11 is 0.923. The number of benzene rings is 1. The molecular weight excluding hydrogens is 436 g/mol. The number of aryl methyl sites for hydroxylation is 1. The molecule has 2 aromatic heterocycles. The Bertz CT molecular complexity index is 1080. The summed E-state index contributed by atoms with van der Waals surface area (Å²) in [6.07, 6.45) is -8.81. The number of ether oxygens (including phenoxy) is 1. The van der Waals surface area contributed by atoms with Gasteiger partial charge in [-0.25, -0.2) is 9.97 Å². The van der Waals surface area contributed by atoms with Gasteiger partial charge in [0.1, 0.15) is 11.2 Å². The lowest BCUT2D eigenvalue weighted by molar-refractivity contribution is -0.143. The zero-order valence-corrected chi connectivity index (χ0v) is 16.2. The molecule has 3 aromatic rings. The van der Waals surface area contributed by atoms with Gasteiger partial charge < -0.3 is 10.1 Å². The van der Waals surface area contributed by atoms with Crippen molar-refractivity contribution in [2.45, 2.75) is 26.2 Å². The summed E-state index contributed by atoms with van der Waals surface area (Å²) in [6.45, 7) is 3.59. The van der Waals surface area contributed by atoms with Crippen LogP contribution in [-0.4, -0.2) is 22.5 Å². The Kier molecular flexibility index (Phi) is 5.63. The Labute approximate surface area is 169 Å². The molecule has 0 saturated heterocycles. The Morgan fingerprint density at radius 3 is 2.20 bits per heavy atom. The van der Waals surface area contributed by atoms with E-state index in [1.54, 1.807) is 13.8 Å². The number of nitrogens with one attached hydrogen (secondary N) is 1. The fourth-order valence-electron chi connectivity index (χ4n) is 2.72. The number of hydrogen-bond donors (Lipinski definition) is 1. The van der Waals surface area contributed by atoms with E-state index in [-0.39, 0.29) is 16.8 Å². The average molecular weight is 449 g/mol. The Morgan fingerprint density at radius 2 is 1.67 bits per heavy atom. The summed E-state index contributed by atoms with van der Waals surface area (Å²) < 4.78 is 83.5. The van der Waals surface area contributed by atoms with Gasteiger partial charge in [-0.05, 0) is 37.6 Å². The molecule has 0 spiro atoms. The Hall–Kier alpha value is -2.89. The zero-order chi connectivity index (χ0) is 22.3. The van der Waals surface area contributed by atoms with Crippen LogP contribution in [0.2, 0.25) is 0 Å². The molecule has 0 fully saturated rings. The van der Waals surface area contributed by atoms with E-state index in [0.29, 0.717) is 34.5 Å². The largest absolute Gasteiger partial charge is 0.477 e. The first-order valence-electron chi connectivity index (χ1n) is 8.39. The molecule has 160 valence electrons. The monoisotopic (exact) mass is 449 g/mol. The van der Waals surface area contributed by atoms with Gasteiger partial charge in [-0.3, -0.25) is 4.79 Å². The van der Waals surface area contributed by atoms with E-state index in [4.69, 9.17) is 4.74 Å². The summed E-state index contributed by atoms with van der Waals surface area (Å²) in [5.41, 5.74) is -3.27. The standard InChI is InChI=1S/C18H13F6N3O2S/c1-3-29-15-12-8(2)13(30-16(12)26-7-25-15)14(28)27-11-5-9(17(19,20)21)4-10(6-11)18(22,23)24/h4-7H,3H2,1-2H3,(H,27,28). The van der Waals surface area contributed by atoms with E-state index < -0.39 is 35.1 Å².